The monoisotopic (exact) mass is 287 g/mol. The standard InChI is InChI=1S/C19H29NO/c1-16-9-11-19(15-21,12-10-16)14-20-13-5-4-7-17-6-2-3-8-18(17)20/h2-3,6,8,16,21H,4-5,7,9-15H2,1H3. The Hall–Kier alpha value is -1.02. The van der Waals surface area contributed by atoms with Gasteiger partial charge in [0, 0.05) is 24.2 Å². The van der Waals surface area contributed by atoms with E-state index < -0.39 is 0 Å². The largest absolute Gasteiger partial charge is 0.396 e. The molecule has 1 aromatic rings. The molecule has 0 atom stereocenters. The normalized spacial score (nSPS) is 29.8. The number of hydrogen-bond donors (Lipinski definition) is 1. The molecule has 0 spiro atoms. The van der Waals surface area contributed by atoms with Crippen LogP contribution in [0.25, 0.3) is 0 Å². The van der Waals surface area contributed by atoms with Crippen molar-refractivity contribution >= 4 is 5.69 Å². The van der Waals surface area contributed by atoms with Crippen molar-refractivity contribution in [3.05, 3.63) is 29.8 Å². The van der Waals surface area contributed by atoms with Crippen LogP contribution < -0.4 is 4.90 Å². The zero-order valence-corrected chi connectivity index (χ0v) is 13.4. The second-order valence-corrected chi connectivity index (χ2v) is 7.35. The van der Waals surface area contributed by atoms with E-state index in [1.165, 1.54) is 56.2 Å². The van der Waals surface area contributed by atoms with Crippen molar-refractivity contribution < 1.29 is 5.11 Å². The molecule has 0 radical (unpaired) electrons. The number of anilines is 1. The number of nitrogens with zero attached hydrogens (tertiary/aromatic N) is 1. The van der Waals surface area contributed by atoms with E-state index in [-0.39, 0.29) is 5.41 Å². The Morgan fingerprint density at radius 2 is 1.95 bits per heavy atom. The molecule has 1 aromatic carbocycles. The highest BCUT2D eigenvalue weighted by Gasteiger charge is 2.36. The van der Waals surface area contributed by atoms with Crippen LogP contribution in [-0.2, 0) is 6.42 Å². The minimum atomic E-state index is 0.129. The van der Waals surface area contributed by atoms with Crippen molar-refractivity contribution in [3.63, 3.8) is 0 Å². The molecule has 1 saturated carbocycles. The minimum Gasteiger partial charge on any atom is -0.396 e. The predicted molar refractivity (Wildman–Crippen MR) is 88.7 cm³/mol. The summed E-state index contributed by atoms with van der Waals surface area (Å²) in [6.45, 7) is 4.88. The van der Waals surface area contributed by atoms with Crippen LogP contribution in [-0.4, -0.2) is 24.8 Å². The topological polar surface area (TPSA) is 23.5 Å². The fourth-order valence-electron chi connectivity index (χ4n) is 4.08. The molecule has 0 amide bonds. The first kappa shape index (κ1) is 14.9. The highest BCUT2D eigenvalue weighted by Crippen LogP contribution is 2.40. The Morgan fingerprint density at radius 1 is 1.19 bits per heavy atom. The Balaban J connectivity index is 1.80. The van der Waals surface area contributed by atoms with Crippen LogP contribution >= 0.6 is 0 Å². The van der Waals surface area contributed by atoms with E-state index in [0.717, 1.165) is 19.0 Å². The van der Waals surface area contributed by atoms with Crippen LogP contribution in [0.3, 0.4) is 0 Å². The Labute approximate surface area is 129 Å². The first-order valence-corrected chi connectivity index (χ1v) is 8.66. The molecular weight excluding hydrogens is 258 g/mol. The lowest BCUT2D eigenvalue weighted by Gasteiger charge is -2.42. The van der Waals surface area contributed by atoms with E-state index in [1.807, 2.05) is 0 Å². The van der Waals surface area contributed by atoms with Gasteiger partial charge in [-0.3, -0.25) is 0 Å². The van der Waals surface area contributed by atoms with Crippen LogP contribution in [0.15, 0.2) is 24.3 Å². The van der Waals surface area contributed by atoms with Crippen LogP contribution in [0.4, 0.5) is 5.69 Å². The van der Waals surface area contributed by atoms with Gasteiger partial charge in [0.05, 0.1) is 6.61 Å². The molecule has 21 heavy (non-hydrogen) atoms. The molecule has 3 rings (SSSR count). The number of para-hydroxylation sites is 1. The molecule has 0 aromatic heterocycles. The van der Waals surface area contributed by atoms with E-state index in [2.05, 4.69) is 36.1 Å². The summed E-state index contributed by atoms with van der Waals surface area (Å²) in [5, 5.41) is 10.1. The van der Waals surface area contributed by atoms with Gasteiger partial charge in [-0.05, 0) is 49.7 Å². The first-order valence-electron chi connectivity index (χ1n) is 8.66. The molecule has 0 bridgehead atoms. The Morgan fingerprint density at radius 3 is 2.71 bits per heavy atom. The lowest BCUT2D eigenvalue weighted by Crippen LogP contribution is -2.43. The first-order chi connectivity index (χ1) is 10.2. The summed E-state index contributed by atoms with van der Waals surface area (Å²) in [6, 6.07) is 8.87. The average molecular weight is 287 g/mol. The molecule has 0 unspecified atom stereocenters. The molecule has 1 aliphatic heterocycles. The zero-order valence-electron chi connectivity index (χ0n) is 13.4. The highest BCUT2D eigenvalue weighted by molar-refractivity contribution is 5.54. The van der Waals surface area contributed by atoms with Gasteiger partial charge in [-0.15, -0.1) is 0 Å². The fraction of sp³-hybridized carbons (Fsp3) is 0.684. The Bertz CT molecular complexity index is 462. The number of benzene rings is 1. The van der Waals surface area contributed by atoms with Crippen molar-refractivity contribution in [3.8, 4) is 0 Å². The summed E-state index contributed by atoms with van der Waals surface area (Å²) in [5.74, 6) is 0.834. The molecule has 1 heterocycles. The van der Waals surface area contributed by atoms with Gasteiger partial charge in [0.1, 0.15) is 0 Å². The molecule has 1 fully saturated rings. The quantitative estimate of drug-likeness (QED) is 0.907. The van der Waals surface area contributed by atoms with E-state index in [0.29, 0.717) is 6.61 Å². The number of aliphatic hydroxyl groups is 1. The third kappa shape index (κ3) is 3.26. The average Bonchev–Trinajstić information content (AvgIpc) is 2.73. The van der Waals surface area contributed by atoms with E-state index in [4.69, 9.17) is 0 Å². The number of fused-ring (bicyclic) bond motifs is 1. The second kappa shape index (κ2) is 6.39. The second-order valence-electron chi connectivity index (χ2n) is 7.35. The molecule has 2 nitrogen and oxygen atoms in total. The Kier molecular flexibility index (Phi) is 4.54. The van der Waals surface area contributed by atoms with Gasteiger partial charge < -0.3 is 10.0 Å². The summed E-state index contributed by atoms with van der Waals surface area (Å²) in [4.78, 5) is 2.56. The smallest absolute Gasteiger partial charge is 0.0504 e. The molecule has 116 valence electrons. The molecule has 1 aliphatic carbocycles. The minimum absolute atomic E-state index is 0.129. The maximum atomic E-state index is 10.1. The third-order valence-corrected chi connectivity index (χ3v) is 5.65. The van der Waals surface area contributed by atoms with Crippen molar-refractivity contribution in [2.45, 2.75) is 51.9 Å². The van der Waals surface area contributed by atoms with Crippen molar-refractivity contribution in [2.75, 3.05) is 24.6 Å². The summed E-state index contributed by atoms with van der Waals surface area (Å²) >= 11 is 0. The van der Waals surface area contributed by atoms with Crippen LogP contribution in [0.1, 0.15) is 51.0 Å². The van der Waals surface area contributed by atoms with Crippen LogP contribution in [0, 0.1) is 11.3 Å². The van der Waals surface area contributed by atoms with E-state index in [1.54, 1.807) is 0 Å². The molecule has 1 N–H and O–H groups in total. The van der Waals surface area contributed by atoms with E-state index in [9.17, 15) is 5.11 Å². The van der Waals surface area contributed by atoms with Gasteiger partial charge in [-0.1, -0.05) is 38.0 Å². The molecule has 2 aliphatic rings. The van der Waals surface area contributed by atoms with Gasteiger partial charge >= 0.3 is 0 Å². The number of aryl methyl sites for hydroxylation is 1. The van der Waals surface area contributed by atoms with Gasteiger partial charge in [0.25, 0.3) is 0 Å². The fourth-order valence-corrected chi connectivity index (χ4v) is 4.08. The summed E-state index contributed by atoms with van der Waals surface area (Å²) in [6.07, 6.45) is 8.68. The molecular formula is C19H29NO. The highest BCUT2D eigenvalue weighted by atomic mass is 16.3. The van der Waals surface area contributed by atoms with Gasteiger partial charge in [0.2, 0.25) is 0 Å². The SMILES string of the molecule is CC1CCC(CO)(CN2CCCCc3ccccc32)CC1. The molecule has 2 heteroatoms. The number of hydrogen-bond acceptors (Lipinski definition) is 2. The van der Waals surface area contributed by atoms with Crippen molar-refractivity contribution in [1.29, 1.82) is 0 Å². The third-order valence-electron chi connectivity index (χ3n) is 5.65. The summed E-state index contributed by atoms with van der Waals surface area (Å²) < 4.78 is 0. The van der Waals surface area contributed by atoms with Gasteiger partial charge in [0.15, 0.2) is 0 Å². The maximum absolute atomic E-state index is 10.1. The summed E-state index contributed by atoms with van der Waals surface area (Å²) in [7, 11) is 0. The van der Waals surface area contributed by atoms with E-state index >= 15 is 0 Å². The lowest BCUT2D eigenvalue weighted by molar-refractivity contribution is 0.0730. The maximum Gasteiger partial charge on any atom is 0.0504 e. The zero-order chi connectivity index (χ0) is 14.7. The lowest BCUT2D eigenvalue weighted by atomic mass is 9.71. The predicted octanol–water partition coefficient (Wildman–Crippen LogP) is 4.02. The number of aliphatic hydroxyl groups excluding tert-OH is 1. The molecule has 0 saturated heterocycles. The van der Waals surface area contributed by atoms with Gasteiger partial charge in [-0.2, -0.15) is 0 Å². The summed E-state index contributed by atoms with van der Waals surface area (Å²) in [5.41, 5.74) is 3.04. The van der Waals surface area contributed by atoms with Crippen molar-refractivity contribution in [1.82, 2.24) is 0 Å². The van der Waals surface area contributed by atoms with Crippen molar-refractivity contribution in [2.24, 2.45) is 11.3 Å². The number of rotatable bonds is 3. The van der Waals surface area contributed by atoms with Gasteiger partial charge in [-0.25, -0.2) is 0 Å². The van der Waals surface area contributed by atoms with Crippen LogP contribution in [0.5, 0.6) is 0 Å². The van der Waals surface area contributed by atoms with Crippen LogP contribution in [0.2, 0.25) is 0 Å².